The Morgan fingerprint density at radius 3 is 2.50 bits per heavy atom. The molecular weight excluding hydrogens is 198 g/mol. The van der Waals surface area contributed by atoms with E-state index in [1.165, 1.54) is 0 Å². The molecule has 3 nitrogen and oxygen atoms in total. The lowest BCUT2D eigenvalue weighted by Crippen LogP contribution is -2.19. The van der Waals surface area contributed by atoms with Gasteiger partial charge in [0.2, 0.25) is 0 Å². The second-order valence-electron chi connectivity index (χ2n) is 3.44. The molecule has 0 atom stereocenters. The van der Waals surface area contributed by atoms with E-state index in [9.17, 15) is 0 Å². The molecule has 0 radical (unpaired) electrons. The van der Waals surface area contributed by atoms with Crippen LogP contribution in [0.2, 0.25) is 0 Å². The molecule has 1 aromatic carbocycles. The van der Waals surface area contributed by atoms with Gasteiger partial charge >= 0.3 is 0 Å². The van der Waals surface area contributed by atoms with Gasteiger partial charge in [-0.05, 0) is 17.7 Å². The van der Waals surface area contributed by atoms with E-state index in [0.717, 1.165) is 11.3 Å². The van der Waals surface area contributed by atoms with E-state index in [4.69, 9.17) is 10.5 Å². The van der Waals surface area contributed by atoms with E-state index in [2.05, 4.69) is 0 Å². The van der Waals surface area contributed by atoms with Crippen LogP contribution in [0.5, 0.6) is 0 Å². The molecule has 0 N–H and O–H groups in total. The van der Waals surface area contributed by atoms with E-state index in [0.29, 0.717) is 5.70 Å². The van der Waals surface area contributed by atoms with Crippen molar-refractivity contribution in [2.24, 2.45) is 0 Å². The van der Waals surface area contributed by atoms with E-state index in [-0.39, 0.29) is 5.57 Å². The monoisotopic (exact) mass is 207 g/mol. The molecule has 16 heavy (non-hydrogen) atoms. The van der Waals surface area contributed by atoms with Gasteiger partial charge in [-0.1, -0.05) is 24.3 Å². The normalized spacial score (nSPS) is 12.7. The first kappa shape index (κ1) is 10.0. The van der Waals surface area contributed by atoms with E-state index in [1.807, 2.05) is 54.4 Å². The number of nitrogens with zero attached hydrogens (tertiary/aromatic N) is 3. The molecule has 0 amide bonds. The van der Waals surface area contributed by atoms with Crippen LogP contribution in [0, 0.1) is 22.7 Å². The van der Waals surface area contributed by atoms with Crippen LogP contribution >= 0.6 is 0 Å². The molecule has 0 saturated carbocycles. The SMILES string of the molecule is CN1C(=C(C#N)C#N)C=Cc2ccccc21. The van der Waals surface area contributed by atoms with Crippen molar-refractivity contribution >= 4 is 11.8 Å². The summed E-state index contributed by atoms with van der Waals surface area (Å²) in [6.07, 6.45) is 3.71. The minimum Gasteiger partial charge on any atom is -0.342 e. The van der Waals surface area contributed by atoms with Gasteiger partial charge in [0.1, 0.15) is 12.1 Å². The van der Waals surface area contributed by atoms with Crippen LogP contribution in [-0.2, 0) is 0 Å². The van der Waals surface area contributed by atoms with Crippen molar-refractivity contribution in [1.29, 1.82) is 10.5 Å². The molecule has 2 rings (SSSR count). The summed E-state index contributed by atoms with van der Waals surface area (Å²) in [5.74, 6) is 0. The van der Waals surface area contributed by atoms with Crippen LogP contribution < -0.4 is 4.90 Å². The lowest BCUT2D eigenvalue weighted by Gasteiger charge is -2.26. The molecule has 76 valence electrons. The van der Waals surface area contributed by atoms with Gasteiger partial charge in [-0.25, -0.2) is 0 Å². The number of benzene rings is 1. The molecule has 3 heteroatoms. The molecule has 0 fully saturated rings. The van der Waals surface area contributed by atoms with E-state index in [1.54, 1.807) is 6.08 Å². The summed E-state index contributed by atoms with van der Waals surface area (Å²) in [7, 11) is 1.85. The smallest absolute Gasteiger partial charge is 0.153 e. The number of hydrogen-bond donors (Lipinski definition) is 0. The second-order valence-corrected chi connectivity index (χ2v) is 3.44. The first-order valence-corrected chi connectivity index (χ1v) is 4.83. The average molecular weight is 207 g/mol. The summed E-state index contributed by atoms with van der Waals surface area (Å²) in [5, 5.41) is 17.7. The number of rotatable bonds is 0. The Balaban J connectivity index is 2.60. The van der Waals surface area contributed by atoms with Gasteiger partial charge in [-0.2, -0.15) is 10.5 Å². The highest BCUT2D eigenvalue weighted by atomic mass is 15.1. The number of allylic oxidation sites excluding steroid dienone is 2. The van der Waals surface area contributed by atoms with E-state index >= 15 is 0 Å². The maximum absolute atomic E-state index is 8.85. The quantitative estimate of drug-likeness (QED) is 0.614. The molecule has 1 aromatic rings. The highest BCUT2D eigenvalue weighted by molar-refractivity contribution is 5.77. The Bertz CT molecular complexity index is 552. The number of likely N-dealkylation sites (N-methyl/N-ethyl adjacent to an activating group) is 1. The lowest BCUT2D eigenvalue weighted by atomic mass is 10.0. The minimum atomic E-state index is 0.133. The second kappa shape index (κ2) is 3.92. The van der Waals surface area contributed by atoms with Crippen molar-refractivity contribution in [1.82, 2.24) is 0 Å². The number of fused-ring (bicyclic) bond motifs is 1. The fraction of sp³-hybridized carbons (Fsp3) is 0.0769. The van der Waals surface area contributed by atoms with Crippen molar-refractivity contribution in [3.8, 4) is 12.1 Å². The van der Waals surface area contributed by atoms with Crippen LogP contribution in [0.4, 0.5) is 5.69 Å². The van der Waals surface area contributed by atoms with Crippen LogP contribution in [0.1, 0.15) is 5.56 Å². The molecular formula is C13H9N3. The molecule has 1 heterocycles. The summed E-state index contributed by atoms with van der Waals surface area (Å²) in [6.45, 7) is 0. The first-order chi connectivity index (χ1) is 7.77. The summed E-state index contributed by atoms with van der Waals surface area (Å²) in [6, 6.07) is 11.7. The molecule has 0 spiro atoms. The molecule has 0 aromatic heterocycles. The largest absolute Gasteiger partial charge is 0.342 e. The van der Waals surface area contributed by atoms with Crippen molar-refractivity contribution < 1.29 is 0 Å². The number of nitriles is 2. The highest BCUT2D eigenvalue weighted by Gasteiger charge is 2.16. The maximum Gasteiger partial charge on any atom is 0.153 e. The van der Waals surface area contributed by atoms with E-state index < -0.39 is 0 Å². The molecule has 0 saturated heterocycles. The average Bonchev–Trinajstić information content (AvgIpc) is 2.34. The Morgan fingerprint density at radius 2 is 1.81 bits per heavy atom. The van der Waals surface area contributed by atoms with Gasteiger partial charge in [0.25, 0.3) is 0 Å². The topological polar surface area (TPSA) is 50.8 Å². The predicted molar refractivity (Wildman–Crippen MR) is 62.1 cm³/mol. The summed E-state index contributed by atoms with van der Waals surface area (Å²) >= 11 is 0. The van der Waals surface area contributed by atoms with Crippen LogP contribution in [-0.4, -0.2) is 7.05 Å². The Labute approximate surface area is 94.1 Å². The van der Waals surface area contributed by atoms with Crippen LogP contribution in [0.3, 0.4) is 0 Å². The maximum atomic E-state index is 8.85. The fourth-order valence-corrected chi connectivity index (χ4v) is 1.73. The zero-order chi connectivity index (χ0) is 11.5. The number of hydrogen-bond acceptors (Lipinski definition) is 3. The van der Waals surface area contributed by atoms with Gasteiger partial charge in [0.15, 0.2) is 5.57 Å². The zero-order valence-corrected chi connectivity index (χ0v) is 8.81. The Kier molecular flexibility index (Phi) is 2.45. The Hall–Kier alpha value is -2.52. The number of para-hydroxylation sites is 1. The molecule has 0 unspecified atom stereocenters. The lowest BCUT2D eigenvalue weighted by molar-refractivity contribution is 1.11. The molecule has 0 aliphatic carbocycles. The first-order valence-electron chi connectivity index (χ1n) is 4.83. The molecule has 0 bridgehead atoms. The van der Waals surface area contributed by atoms with Gasteiger partial charge in [0, 0.05) is 12.7 Å². The van der Waals surface area contributed by atoms with Crippen molar-refractivity contribution in [3.63, 3.8) is 0 Å². The summed E-state index contributed by atoms with van der Waals surface area (Å²) in [5.41, 5.74) is 2.86. The third-order valence-electron chi connectivity index (χ3n) is 2.56. The standard InChI is InChI=1S/C13H9N3/c1-16-12-5-3-2-4-10(12)6-7-13(16)11(8-14)9-15/h2-7H,1H3. The predicted octanol–water partition coefficient (Wildman–Crippen LogP) is 2.45. The summed E-state index contributed by atoms with van der Waals surface area (Å²) in [4.78, 5) is 1.86. The molecule has 1 aliphatic heterocycles. The van der Waals surface area contributed by atoms with Gasteiger partial charge in [0.05, 0.1) is 5.70 Å². The fourth-order valence-electron chi connectivity index (χ4n) is 1.73. The van der Waals surface area contributed by atoms with Gasteiger partial charge in [-0.3, -0.25) is 0 Å². The molecule has 1 aliphatic rings. The third-order valence-corrected chi connectivity index (χ3v) is 2.56. The summed E-state index contributed by atoms with van der Waals surface area (Å²) < 4.78 is 0. The van der Waals surface area contributed by atoms with Crippen molar-refractivity contribution in [2.45, 2.75) is 0 Å². The van der Waals surface area contributed by atoms with Gasteiger partial charge in [-0.15, -0.1) is 0 Å². The highest BCUT2D eigenvalue weighted by Crippen LogP contribution is 2.30. The van der Waals surface area contributed by atoms with Gasteiger partial charge < -0.3 is 4.90 Å². The van der Waals surface area contributed by atoms with Crippen molar-refractivity contribution in [3.05, 3.63) is 47.2 Å². The third kappa shape index (κ3) is 1.45. The Morgan fingerprint density at radius 1 is 1.12 bits per heavy atom. The zero-order valence-electron chi connectivity index (χ0n) is 8.81. The number of anilines is 1. The van der Waals surface area contributed by atoms with Crippen LogP contribution in [0.15, 0.2) is 41.6 Å². The van der Waals surface area contributed by atoms with Crippen molar-refractivity contribution in [2.75, 3.05) is 11.9 Å². The van der Waals surface area contributed by atoms with Crippen LogP contribution in [0.25, 0.3) is 6.08 Å². The minimum absolute atomic E-state index is 0.133.